The van der Waals surface area contributed by atoms with Gasteiger partial charge in [-0.1, -0.05) is 13.3 Å². The van der Waals surface area contributed by atoms with Crippen LogP contribution in [0.2, 0.25) is 0 Å². The number of hydrogen-bond acceptors (Lipinski definition) is 7. The molecule has 0 aliphatic carbocycles. The highest BCUT2D eigenvalue weighted by Gasteiger charge is 2.33. The summed E-state index contributed by atoms with van der Waals surface area (Å²) in [6.45, 7) is 5.64. The molecule has 6 nitrogen and oxygen atoms in total. The van der Waals surface area contributed by atoms with Gasteiger partial charge in [0.15, 0.2) is 0 Å². The van der Waals surface area contributed by atoms with Gasteiger partial charge in [0.1, 0.15) is 23.3 Å². The van der Waals surface area contributed by atoms with Gasteiger partial charge in [-0.2, -0.15) is 5.26 Å². The number of anilines is 1. The number of alkyl halides is 2. The summed E-state index contributed by atoms with van der Waals surface area (Å²) >= 11 is 2.63. The van der Waals surface area contributed by atoms with E-state index in [1.165, 1.54) is 31.4 Å². The zero-order valence-corrected chi connectivity index (χ0v) is 24.5. The first kappa shape index (κ1) is 33.7. The molecule has 1 aliphatic rings. The smallest absolute Gasteiger partial charge is 0.262 e. The summed E-state index contributed by atoms with van der Waals surface area (Å²) in [7, 11) is 1.47. The van der Waals surface area contributed by atoms with Crippen LogP contribution in [-0.4, -0.2) is 55.3 Å². The third-order valence-corrected chi connectivity index (χ3v) is 8.29. The van der Waals surface area contributed by atoms with Crippen molar-refractivity contribution in [2.45, 2.75) is 61.3 Å². The number of rotatable bonds is 13. The Bertz CT molecular complexity index is 1130. The number of nitrogens with two attached hydrogens (primary N) is 1. The zero-order chi connectivity index (χ0) is 29.7. The van der Waals surface area contributed by atoms with Gasteiger partial charge in [0, 0.05) is 35.9 Å². The molecule has 0 aromatic heterocycles. The lowest BCUT2D eigenvalue weighted by atomic mass is 10.00. The molecule has 0 saturated carbocycles. The molecule has 220 valence electrons. The fourth-order valence-electron chi connectivity index (χ4n) is 3.85. The third kappa shape index (κ3) is 10.5. The summed E-state index contributed by atoms with van der Waals surface area (Å²) in [5, 5.41) is 8.87. The number of nitrogen functional groups attached to an aromatic ring is 1. The number of amides is 1. The average molecular weight is 601 g/mol. The predicted octanol–water partition coefficient (Wildman–Crippen LogP) is 6.50. The minimum atomic E-state index is -2.16. The molecule has 1 fully saturated rings. The normalized spacial score (nSPS) is 15.0. The molecular weight excluding hydrogens is 564 g/mol. The van der Waals surface area contributed by atoms with Crippen molar-refractivity contribution in [1.82, 2.24) is 9.62 Å². The van der Waals surface area contributed by atoms with Crippen LogP contribution in [0.3, 0.4) is 0 Å². The minimum Gasteiger partial charge on any atom is -0.395 e. The van der Waals surface area contributed by atoms with Gasteiger partial charge < -0.3 is 15.4 Å². The van der Waals surface area contributed by atoms with E-state index in [-0.39, 0.29) is 23.0 Å². The molecule has 1 saturated heterocycles. The first-order valence-electron chi connectivity index (χ1n) is 12.9. The van der Waals surface area contributed by atoms with E-state index in [0.717, 1.165) is 48.4 Å². The molecule has 0 bridgehead atoms. The van der Waals surface area contributed by atoms with Crippen molar-refractivity contribution in [3.63, 3.8) is 0 Å². The maximum atomic E-state index is 13.5. The molecule has 2 aromatic carbocycles. The van der Waals surface area contributed by atoms with E-state index >= 15 is 0 Å². The minimum absolute atomic E-state index is 0.0369. The summed E-state index contributed by atoms with van der Waals surface area (Å²) in [5.41, 5.74) is 4.34. The van der Waals surface area contributed by atoms with Crippen LogP contribution in [0.5, 0.6) is 0 Å². The van der Waals surface area contributed by atoms with Gasteiger partial charge in [-0.25, -0.2) is 17.6 Å². The second kappa shape index (κ2) is 16.7. The van der Waals surface area contributed by atoms with Crippen molar-refractivity contribution in [2.75, 3.05) is 38.2 Å². The Kier molecular flexibility index (Phi) is 14.1. The van der Waals surface area contributed by atoms with E-state index in [9.17, 15) is 22.4 Å². The standard InChI is InChI=1S/C14H18F3NS.C14H18FN3O2S/c15-12-3-5-13(6-4-12)19-8-2-1-7-18-9-11(10-18)14(16)17;1-4-5-14(2,20-3)13(19)18-21-10-6-9(8-16)12(17)11(15)7-10/h3-6,11,14H,1-2,7-10H2;6-7H,4-5,17H2,1-3H3,(H,18,19). The van der Waals surface area contributed by atoms with E-state index in [1.807, 2.05) is 13.0 Å². The molecule has 1 aliphatic heterocycles. The van der Waals surface area contributed by atoms with Crippen LogP contribution in [0.4, 0.5) is 23.2 Å². The van der Waals surface area contributed by atoms with Crippen molar-refractivity contribution in [2.24, 2.45) is 5.92 Å². The summed E-state index contributed by atoms with van der Waals surface area (Å²) in [6, 6.07) is 10.9. The Morgan fingerprint density at radius 1 is 1.23 bits per heavy atom. The second-order valence-corrected chi connectivity index (χ2v) is 11.6. The lowest BCUT2D eigenvalue weighted by Gasteiger charge is -2.38. The number of benzene rings is 2. The van der Waals surface area contributed by atoms with Crippen LogP contribution in [0.1, 0.15) is 45.1 Å². The fraction of sp³-hybridized carbons (Fsp3) is 0.500. The van der Waals surface area contributed by atoms with Crippen molar-refractivity contribution in [1.29, 1.82) is 5.26 Å². The average Bonchev–Trinajstić information content (AvgIpc) is 2.91. The summed E-state index contributed by atoms with van der Waals surface area (Å²) < 4.78 is 58.6. The molecule has 3 N–H and O–H groups in total. The molecule has 12 heteroatoms. The lowest BCUT2D eigenvalue weighted by Crippen LogP contribution is -2.50. The Balaban J connectivity index is 0.000000281. The van der Waals surface area contributed by atoms with Crippen LogP contribution in [0.15, 0.2) is 46.2 Å². The molecule has 0 spiro atoms. The number of unbranched alkanes of at least 4 members (excludes halogenated alkanes) is 1. The van der Waals surface area contributed by atoms with Gasteiger partial charge >= 0.3 is 0 Å². The predicted molar refractivity (Wildman–Crippen MR) is 152 cm³/mol. The number of nitriles is 1. The quantitative estimate of drug-likeness (QED) is 0.0891. The van der Waals surface area contributed by atoms with Crippen LogP contribution < -0.4 is 10.5 Å². The third-order valence-electron chi connectivity index (χ3n) is 6.44. The summed E-state index contributed by atoms with van der Waals surface area (Å²) in [4.78, 5) is 15.7. The maximum Gasteiger partial charge on any atom is 0.262 e. The molecule has 2 aromatic rings. The number of halogens is 4. The first-order valence-corrected chi connectivity index (χ1v) is 14.7. The van der Waals surface area contributed by atoms with Gasteiger partial charge in [0.05, 0.1) is 11.3 Å². The Morgan fingerprint density at radius 2 is 1.90 bits per heavy atom. The van der Waals surface area contributed by atoms with Crippen molar-refractivity contribution in [3.8, 4) is 6.07 Å². The molecule has 3 rings (SSSR count). The number of likely N-dealkylation sites (tertiary alicyclic amines) is 1. The zero-order valence-electron chi connectivity index (χ0n) is 22.9. The van der Waals surface area contributed by atoms with E-state index in [2.05, 4.69) is 9.62 Å². The highest BCUT2D eigenvalue weighted by molar-refractivity contribution is 7.99. The Hall–Kier alpha value is -2.46. The number of nitrogens with zero attached hydrogens (tertiary/aromatic N) is 2. The van der Waals surface area contributed by atoms with E-state index in [4.69, 9.17) is 15.7 Å². The molecular formula is C28H36F4N4O2S2. The van der Waals surface area contributed by atoms with Crippen molar-refractivity contribution >= 4 is 35.3 Å². The van der Waals surface area contributed by atoms with Crippen molar-refractivity contribution in [3.05, 3.63) is 53.6 Å². The van der Waals surface area contributed by atoms with Gasteiger partial charge in [-0.05, 0) is 86.8 Å². The van der Waals surface area contributed by atoms with Crippen molar-refractivity contribution < 1.29 is 27.1 Å². The highest BCUT2D eigenvalue weighted by atomic mass is 32.2. The molecule has 1 unspecified atom stereocenters. The maximum absolute atomic E-state index is 13.5. The van der Waals surface area contributed by atoms with Crippen LogP contribution in [0, 0.1) is 28.9 Å². The number of nitrogens with one attached hydrogen (secondary N) is 1. The van der Waals surface area contributed by atoms with Gasteiger partial charge in [0.2, 0.25) is 6.43 Å². The molecule has 1 amide bonds. The highest BCUT2D eigenvalue weighted by Crippen LogP contribution is 2.26. The number of methoxy groups -OCH3 is 1. The van der Waals surface area contributed by atoms with E-state index in [0.29, 0.717) is 24.4 Å². The van der Waals surface area contributed by atoms with Crippen LogP contribution in [-0.2, 0) is 9.53 Å². The Morgan fingerprint density at radius 3 is 2.48 bits per heavy atom. The monoisotopic (exact) mass is 600 g/mol. The molecule has 0 radical (unpaired) electrons. The number of thioether (sulfide) groups is 1. The van der Waals surface area contributed by atoms with E-state index in [1.54, 1.807) is 30.8 Å². The van der Waals surface area contributed by atoms with E-state index < -0.39 is 23.8 Å². The van der Waals surface area contributed by atoms with Crippen LogP contribution >= 0.6 is 23.7 Å². The Labute approximate surface area is 242 Å². The van der Waals surface area contributed by atoms with Crippen LogP contribution in [0.25, 0.3) is 0 Å². The summed E-state index contributed by atoms with van der Waals surface area (Å²) in [6.07, 6.45) is 1.28. The fourth-order valence-corrected chi connectivity index (χ4v) is 5.53. The molecule has 1 atom stereocenters. The van der Waals surface area contributed by atoms with Gasteiger partial charge in [0.25, 0.3) is 5.91 Å². The summed E-state index contributed by atoms with van der Waals surface area (Å²) in [5.74, 6) is -0.636. The second-order valence-electron chi connectivity index (χ2n) is 9.56. The van der Waals surface area contributed by atoms with Gasteiger partial charge in [-0.15, -0.1) is 11.8 Å². The molecule has 1 heterocycles. The number of carbonyl (C=O) groups is 1. The van der Waals surface area contributed by atoms with Gasteiger partial charge in [-0.3, -0.25) is 9.52 Å². The lowest BCUT2D eigenvalue weighted by molar-refractivity contribution is -0.140. The first-order chi connectivity index (χ1) is 19.0. The number of carbonyl (C=O) groups excluding carboxylic acids is 1. The largest absolute Gasteiger partial charge is 0.395 e. The number of hydrogen-bond donors (Lipinski definition) is 2. The SMILES string of the molecule is CCCC(C)(OC)C(=O)NSc1cc(F)c(N)c(C#N)c1.Fc1ccc(SCCCCN2CC(C(F)F)C2)cc1. The molecule has 40 heavy (non-hydrogen) atoms. The number of ether oxygens (including phenoxy) is 1. The topological polar surface area (TPSA) is 91.4 Å².